The monoisotopic (exact) mass is 384 g/mol. The summed E-state index contributed by atoms with van der Waals surface area (Å²) in [7, 11) is 0. The predicted molar refractivity (Wildman–Crippen MR) is 102 cm³/mol. The van der Waals surface area contributed by atoms with E-state index in [4.69, 9.17) is 9.47 Å². The molecule has 0 aliphatic rings. The molecule has 26 heavy (non-hydrogen) atoms. The third-order valence-electron chi connectivity index (χ3n) is 3.49. The molecule has 1 N–H and O–H groups in total. The fourth-order valence-corrected chi connectivity index (χ4v) is 3.45. The van der Waals surface area contributed by atoms with Crippen molar-refractivity contribution in [3.63, 3.8) is 0 Å². The van der Waals surface area contributed by atoms with E-state index in [-0.39, 0.29) is 23.1 Å². The lowest BCUT2D eigenvalue weighted by atomic mass is 10.1. The van der Waals surface area contributed by atoms with Crippen molar-refractivity contribution < 1.29 is 23.9 Å². The van der Waals surface area contributed by atoms with Crippen LogP contribution in [0, 0.1) is 6.92 Å². The van der Waals surface area contributed by atoms with Gasteiger partial charge in [0.25, 0.3) is 5.91 Å². The molecule has 0 aliphatic heterocycles. The Labute approximate surface area is 158 Å². The van der Waals surface area contributed by atoms with E-state index in [2.05, 4.69) is 5.32 Å². The highest BCUT2D eigenvalue weighted by atomic mass is 32.1. The number of ether oxygens (including phenoxy) is 2. The maximum atomic E-state index is 12.7. The Morgan fingerprint density at radius 3 is 2.15 bits per heavy atom. The molecule has 0 bridgehead atoms. The zero-order chi connectivity index (χ0) is 20.1. The number of carbonyl (C=O) groups is 3. The summed E-state index contributed by atoms with van der Waals surface area (Å²) in [5.41, 5.74) is 0.00926. The Kier molecular flexibility index (Phi) is 7.62. The van der Waals surface area contributed by atoms with Crippen molar-refractivity contribution in [1.82, 2.24) is 4.90 Å². The molecule has 0 aromatic carbocycles. The van der Waals surface area contributed by atoms with Crippen LogP contribution in [0.3, 0.4) is 0 Å². The Bertz CT molecular complexity index is 672. The van der Waals surface area contributed by atoms with Gasteiger partial charge in [0.1, 0.15) is 10.6 Å². The highest BCUT2D eigenvalue weighted by Crippen LogP contribution is 2.35. The number of carbonyl (C=O) groups excluding carboxylic acids is 3. The summed E-state index contributed by atoms with van der Waals surface area (Å²) in [6.07, 6.45) is -0.689. The molecule has 7 nitrogen and oxygen atoms in total. The molecule has 8 heteroatoms. The second kappa shape index (κ2) is 9.02. The molecule has 0 fully saturated rings. The van der Waals surface area contributed by atoms with Crippen LogP contribution >= 0.6 is 11.3 Å². The lowest BCUT2D eigenvalue weighted by Gasteiger charge is -2.19. The van der Waals surface area contributed by atoms with Gasteiger partial charge in [0.05, 0.1) is 17.0 Å². The topological polar surface area (TPSA) is 84.9 Å². The molecule has 2 amide bonds. The minimum absolute atomic E-state index is 0.180. The normalized spacial score (nSPS) is 11.0. The van der Waals surface area contributed by atoms with Crippen molar-refractivity contribution >= 4 is 34.3 Å². The summed E-state index contributed by atoms with van der Waals surface area (Å²) in [5, 5.41) is 2.84. The molecule has 0 spiro atoms. The first-order chi connectivity index (χ1) is 12.1. The molecule has 0 unspecified atom stereocenters. The van der Waals surface area contributed by atoms with E-state index in [1.165, 1.54) is 0 Å². The van der Waals surface area contributed by atoms with Gasteiger partial charge in [-0.15, -0.1) is 11.3 Å². The highest BCUT2D eigenvalue weighted by molar-refractivity contribution is 7.18. The Hall–Kier alpha value is -2.09. The Morgan fingerprint density at radius 1 is 1.12 bits per heavy atom. The number of rotatable bonds is 6. The zero-order valence-corrected chi connectivity index (χ0v) is 17.3. The lowest BCUT2D eigenvalue weighted by Crippen LogP contribution is -2.30. The van der Waals surface area contributed by atoms with E-state index in [0.29, 0.717) is 23.5 Å². The second-order valence-corrected chi connectivity index (χ2v) is 7.61. The number of nitrogens with zero attached hydrogens (tertiary/aromatic N) is 1. The zero-order valence-electron chi connectivity index (χ0n) is 16.5. The summed E-state index contributed by atoms with van der Waals surface area (Å²) in [5.74, 6) is -0.758. The van der Waals surface area contributed by atoms with Crippen LogP contribution in [0.5, 0.6) is 0 Å². The van der Waals surface area contributed by atoms with Gasteiger partial charge in [-0.25, -0.2) is 9.59 Å². The van der Waals surface area contributed by atoms with Gasteiger partial charge in [0.15, 0.2) is 0 Å². The van der Waals surface area contributed by atoms with Crippen molar-refractivity contribution in [2.24, 2.45) is 0 Å². The molecular weight excluding hydrogens is 356 g/mol. The van der Waals surface area contributed by atoms with Crippen molar-refractivity contribution in [3.05, 3.63) is 16.0 Å². The maximum absolute atomic E-state index is 12.7. The van der Waals surface area contributed by atoms with Crippen LogP contribution in [-0.4, -0.2) is 48.2 Å². The molecular formula is C18H28N2O5S. The smallest absolute Gasteiger partial charge is 0.412 e. The van der Waals surface area contributed by atoms with Crippen molar-refractivity contribution in [1.29, 1.82) is 0 Å². The van der Waals surface area contributed by atoms with Gasteiger partial charge in [-0.1, -0.05) is 0 Å². The van der Waals surface area contributed by atoms with Crippen LogP contribution in [0.25, 0.3) is 0 Å². The number of hydrogen-bond donors (Lipinski definition) is 1. The van der Waals surface area contributed by atoms with Crippen LogP contribution in [-0.2, 0) is 9.47 Å². The van der Waals surface area contributed by atoms with Gasteiger partial charge in [0, 0.05) is 13.1 Å². The maximum Gasteiger partial charge on any atom is 0.412 e. The molecule has 0 saturated heterocycles. The molecule has 146 valence electrons. The van der Waals surface area contributed by atoms with E-state index in [1.54, 1.807) is 39.5 Å². The van der Waals surface area contributed by atoms with Crippen LogP contribution in [0.4, 0.5) is 9.80 Å². The van der Waals surface area contributed by atoms with Crippen LogP contribution < -0.4 is 5.32 Å². The predicted octanol–water partition coefficient (Wildman–Crippen LogP) is 4.06. The van der Waals surface area contributed by atoms with E-state index in [1.807, 2.05) is 13.8 Å². The number of nitrogens with one attached hydrogen (secondary N) is 1. The third-order valence-corrected chi connectivity index (χ3v) is 4.68. The molecule has 0 saturated carbocycles. The molecule has 1 aromatic heterocycles. The van der Waals surface area contributed by atoms with Crippen molar-refractivity contribution in [2.45, 2.75) is 54.1 Å². The number of esters is 1. The fraction of sp³-hybridized carbons (Fsp3) is 0.611. The van der Waals surface area contributed by atoms with E-state index < -0.39 is 17.7 Å². The highest BCUT2D eigenvalue weighted by Gasteiger charge is 2.29. The van der Waals surface area contributed by atoms with E-state index in [9.17, 15) is 14.4 Å². The molecule has 1 aromatic rings. The van der Waals surface area contributed by atoms with Gasteiger partial charge < -0.3 is 14.4 Å². The molecule has 0 radical (unpaired) electrons. The quantitative estimate of drug-likeness (QED) is 0.748. The van der Waals surface area contributed by atoms with Crippen molar-refractivity contribution in [3.8, 4) is 0 Å². The second-order valence-electron chi connectivity index (χ2n) is 6.59. The minimum Gasteiger partial charge on any atom is -0.462 e. The Balaban J connectivity index is 3.30. The third kappa shape index (κ3) is 5.45. The molecule has 1 rings (SSSR count). The number of anilines is 1. The number of hydrogen-bond acceptors (Lipinski definition) is 6. The summed E-state index contributed by atoms with van der Waals surface area (Å²) in [6.45, 7) is 13.7. The average molecular weight is 384 g/mol. The van der Waals surface area contributed by atoms with E-state index in [0.717, 1.165) is 11.3 Å². The average Bonchev–Trinajstić information content (AvgIpc) is 2.82. The number of amides is 2. The fourth-order valence-electron chi connectivity index (χ4n) is 2.31. The van der Waals surface area contributed by atoms with Gasteiger partial charge in [-0.3, -0.25) is 10.1 Å². The summed E-state index contributed by atoms with van der Waals surface area (Å²) >= 11 is 1.06. The molecule has 1 heterocycles. The van der Waals surface area contributed by atoms with Crippen LogP contribution in [0.2, 0.25) is 0 Å². The molecule has 0 aliphatic carbocycles. The van der Waals surface area contributed by atoms with Crippen molar-refractivity contribution in [2.75, 3.05) is 25.0 Å². The van der Waals surface area contributed by atoms with Gasteiger partial charge >= 0.3 is 12.1 Å². The first kappa shape index (κ1) is 22.0. The Morgan fingerprint density at radius 2 is 1.69 bits per heavy atom. The first-order valence-electron chi connectivity index (χ1n) is 8.65. The summed E-state index contributed by atoms with van der Waals surface area (Å²) in [4.78, 5) is 39.3. The SMILES string of the molecule is CCOC(=O)c1c(NC(=O)OC(C)(C)C)sc(C(=O)N(CC)CC)c1C. The van der Waals surface area contributed by atoms with Crippen LogP contribution in [0.15, 0.2) is 0 Å². The lowest BCUT2D eigenvalue weighted by molar-refractivity contribution is 0.0527. The van der Waals surface area contributed by atoms with Gasteiger partial charge in [-0.2, -0.15) is 0 Å². The summed E-state index contributed by atoms with van der Waals surface area (Å²) in [6, 6.07) is 0. The van der Waals surface area contributed by atoms with Gasteiger partial charge in [-0.05, 0) is 54.0 Å². The molecule has 0 atom stereocenters. The first-order valence-corrected chi connectivity index (χ1v) is 9.47. The van der Waals surface area contributed by atoms with Crippen LogP contribution in [0.1, 0.15) is 67.1 Å². The van der Waals surface area contributed by atoms with Gasteiger partial charge in [0.2, 0.25) is 0 Å². The summed E-state index contributed by atoms with van der Waals surface area (Å²) < 4.78 is 10.3. The minimum atomic E-state index is -0.689. The standard InChI is InChI=1S/C18H28N2O5S/c1-8-20(9-2)15(21)13-11(4)12(16(22)24-10-3)14(26-13)19-17(23)25-18(5,6)7/h8-10H2,1-7H3,(H,19,23). The number of thiophene rings is 1. The van der Waals surface area contributed by atoms with E-state index >= 15 is 0 Å². The largest absolute Gasteiger partial charge is 0.462 e.